The zero-order valence-electron chi connectivity index (χ0n) is 14.4. The highest BCUT2D eigenvalue weighted by Gasteiger charge is 2.40. The summed E-state index contributed by atoms with van der Waals surface area (Å²) >= 11 is 0. The topological polar surface area (TPSA) is 58.6 Å². The van der Waals surface area contributed by atoms with Gasteiger partial charge in [0.05, 0.1) is 11.1 Å². The number of ether oxygens (including phenoxy) is 1. The second kappa shape index (κ2) is 7.99. The van der Waals surface area contributed by atoms with E-state index in [-0.39, 0.29) is 17.0 Å². The van der Waals surface area contributed by atoms with Gasteiger partial charge in [-0.25, -0.2) is 4.39 Å². The van der Waals surface area contributed by atoms with Crippen LogP contribution in [0.4, 0.5) is 32.0 Å². The number of nitrogens with one attached hydrogen (secondary N) is 1. The number of alkyl halides is 6. The molecule has 0 aliphatic carbocycles. The number of carbonyl (C=O) groups excluding carboxylic acids is 1. The van der Waals surface area contributed by atoms with Crippen molar-refractivity contribution in [3.05, 3.63) is 53.6 Å². The van der Waals surface area contributed by atoms with E-state index in [4.69, 9.17) is 0 Å². The van der Waals surface area contributed by atoms with Crippen molar-refractivity contribution >= 4 is 11.6 Å². The predicted molar refractivity (Wildman–Crippen MR) is 88.5 cm³/mol. The molecule has 0 aliphatic heterocycles. The molecule has 0 fully saturated rings. The van der Waals surface area contributed by atoms with Gasteiger partial charge in [0.15, 0.2) is 12.8 Å². The smallest absolute Gasteiger partial charge is 0.420 e. The van der Waals surface area contributed by atoms with Crippen LogP contribution >= 0.6 is 0 Å². The highest BCUT2D eigenvalue weighted by atomic mass is 19.4. The lowest BCUT2D eigenvalue weighted by Gasteiger charge is -2.20. The number of hydrogen-bond acceptors (Lipinski definition) is 3. The van der Waals surface area contributed by atoms with Crippen molar-refractivity contribution in [3.63, 3.8) is 0 Å². The van der Waals surface area contributed by atoms with Gasteiger partial charge in [-0.15, -0.1) is 0 Å². The summed E-state index contributed by atoms with van der Waals surface area (Å²) in [4.78, 5) is 12.1. The van der Waals surface area contributed by atoms with E-state index in [1.54, 1.807) is 0 Å². The zero-order valence-corrected chi connectivity index (χ0v) is 14.4. The summed E-state index contributed by atoms with van der Waals surface area (Å²) in [5.41, 5.74) is -1.91. The fraction of sp³-hybridized carbons (Fsp3) is 0.278. The fourth-order valence-corrected chi connectivity index (χ4v) is 2.11. The van der Waals surface area contributed by atoms with Crippen LogP contribution in [-0.2, 0) is 6.18 Å². The average molecular weight is 407 g/mol. The number of rotatable bonds is 6. The van der Waals surface area contributed by atoms with Gasteiger partial charge in [0, 0.05) is 5.69 Å². The number of halogens is 6. The maximum absolute atomic E-state index is 13.3. The highest BCUT2D eigenvalue weighted by Crippen LogP contribution is 2.38. The number of anilines is 1. The summed E-state index contributed by atoms with van der Waals surface area (Å²) in [7, 11) is 0. The first-order valence-electron chi connectivity index (χ1n) is 7.87. The molecule has 0 saturated carbocycles. The summed E-state index contributed by atoms with van der Waals surface area (Å²) in [6, 6.07) is 7.60. The number of amides is 1. The number of carbonyl (C=O) groups is 1. The first kappa shape index (κ1) is 21.4. The third kappa shape index (κ3) is 5.08. The second-order valence-corrected chi connectivity index (χ2v) is 5.85. The monoisotopic (exact) mass is 407 g/mol. The number of phenols is 1. The van der Waals surface area contributed by atoms with Gasteiger partial charge in [-0.2, -0.15) is 22.0 Å². The van der Waals surface area contributed by atoms with E-state index in [0.717, 1.165) is 12.1 Å². The van der Waals surface area contributed by atoms with Crippen LogP contribution in [0.5, 0.6) is 11.5 Å². The Balaban J connectivity index is 2.27. The molecule has 0 heterocycles. The van der Waals surface area contributed by atoms with Crippen molar-refractivity contribution in [3.8, 4) is 11.5 Å². The average Bonchev–Trinajstić information content (AvgIpc) is 2.60. The molecule has 1 atom stereocenters. The van der Waals surface area contributed by atoms with Crippen LogP contribution < -0.4 is 10.1 Å². The van der Waals surface area contributed by atoms with Crippen LogP contribution in [0.1, 0.15) is 22.8 Å². The Morgan fingerprint density at radius 3 is 2.36 bits per heavy atom. The third-order valence-electron chi connectivity index (χ3n) is 3.69. The van der Waals surface area contributed by atoms with Crippen LogP contribution in [0, 0.1) is 0 Å². The molecule has 2 rings (SSSR count). The zero-order chi connectivity index (χ0) is 21.1. The van der Waals surface area contributed by atoms with Gasteiger partial charge in [-0.1, -0.05) is 12.1 Å². The molecule has 28 heavy (non-hydrogen) atoms. The van der Waals surface area contributed by atoms with Crippen LogP contribution in [0.3, 0.4) is 0 Å². The molecule has 0 bridgehead atoms. The number of aromatic hydroxyl groups is 1. The third-order valence-corrected chi connectivity index (χ3v) is 3.69. The predicted octanol–water partition coefficient (Wildman–Crippen LogP) is 5.04. The molecule has 0 saturated heterocycles. The van der Waals surface area contributed by atoms with Gasteiger partial charge in [-0.3, -0.25) is 4.79 Å². The van der Waals surface area contributed by atoms with E-state index in [2.05, 4.69) is 10.1 Å². The molecule has 152 valence electrons. The van der Waals surface area contributed by atoms with Crippen LogP contribution in [0.25, 0.3) is 0 Å². The van der Waals surface area contributed by atoms with E-state index < -0.39 is 42.1 Å². The van der Waals surface area contributed by atoms with Crippen LogP contribution in [0.15, 0.2) is 42.5 Å². The fourth-order valence-electron chi connectivity index (χ4n) is 2.11. The Kier molecular flexibility index (Phi) is 6.10. The lowest BCUT2D eigenvalue weighted by Crippen LogP contribution is -2.34. The van der Waals surface area contributed by atoms with Crippen molar-refractivity contribution < 1.29 is 41.0 Å². The van der Waals surface area contributed by atoms with Gasteiger partial charge in [0.25, 0.3) is 5.91 Å². The van der Waals surface area contributed by atoms with Crippen LogP contribution in [0.2, 0.25) is 0 Å². The second-order valence-electron chi connectivity index (χ2n) is 5.85. The number of hydrogen-bond donors (Lipinski definition) is 2. The molecular weight excluding hydrogens is 392 g/mol. The molecule has 2 N–H and O–H groups in total. The molecule has 2 aromatic rings. The minimum absolute atomic E-state index is 0.173. The quantitative estimate of drug-likeness (QED) is 0.660. The van der Waals surface area contributed by atoms with Crippen molar-refractivity contribution in [1.82, 2.24) is 0 Å². The Labute approximate surface area is 155 Å². The van der Waals surface area contributed by atoms with E-state index in [1.165, 1.54) is 24.3 Å². The SMILES string of the molecule is CC(F)C(F)(F)COc1ccc(NC(=O)c2ccccc2O)cc1C(F)(F)F. The highest BCUT2D eigenvalue weighted by molar-refractivity contribution is 6.06. The first-order valence-corrected chi connectivity index (χ1v) is 7.87. The molecule has 2 aromatic carbocycles. The van der Waals surface area contributed by atoms with Gasteiger partial charge in [0.2, 0.25) is 0 Å². The van der Waals surface area contributed by atoms with E-state index in [9.17, 15) is 36.2 Å². The number of phenolic OH excluding ortho intramolecular Hbond substituents is 1. The molecule has 0 aromatic heterocycles. The number of para-hydroxylation sites is 1. The maximum Gasteiger partial charge on any atom is 0.420 e. The minimum atomic E-state index is -4.98. The van der Waals surface area contributed by atoms with Gasteiger partial charge >= 0.3 is 12.1 Å². The normalized spacial score (nSPS) is 13.1. The lowest BCUT2D eigenvalue weighted by molar-refractivity contribution is -0.140. The van der Waals surface area contributed by atoms with Crippen molar-refractivity contribution in [2.75, 3.05) is 11.9 Å². The molecule has 0 radical (unpaired) electrons. The Bertz CT molecular complexity index is 851. The summed E-state index contributed by atoms with van der Waals surface area (Å²) in [5, 5.41) is 11.8. The molecule has 0 spiro atoms. The molecular formula is C18H15F6NO3. The van der Waals surface area contributed by atoms with Crippen molar-refractivity contribution in [2.45, 2.75) is 25.2 Å². The summed E-state index contributed by atoms with van der Waals surface area (Å²) < 4.78 is 83.6. The van der Waals surface area contributed by atoms with Gasteiger partial charge in [0.1, 0.15) is 11.5 Å². The first-order chi connectivity index (χ1) is 12.9. The summed E-state index contributed by atoms with van der Waals surface area (Å²) in [6.45, 7) is -1.02. The molecule has 1 unspecified atom stereocenters. The van der Waals surface area contributed by atoms with E-state index in [1.807, 2.05) is 0 Å². The van der Waals surface area contributed by atoms with E-state index >= 15 is 0 Å². The van der Waals surface area contributed by atoms with Crippen molar-refractivity contribution in [2.24, 2.45) is 0 Å². The molecule has 0 aliphatic rings. The van der Waals surface area contributed by atoms with Gasteiger partial charge < -0.3 is 15.2 Å². The Morgan fingerprint density at radius 1 is 1.14 bits per heavy atom. The minimum Gasteiger partial charge on any atom is -0.507 e. The Morgan fingerprint density at radius 2 is 1.79 bits per heavy atom. The number of benzene rings is 2. The summed E-state index contributed by atoms with van der Waals surface area (Å²) in [5.74, 6) is -6.16. The maximum atomic E-state index is 13.3. The Hall–Kier alpha value is -2.91. The molecule has 1 amide bonds. The molecule has 10 heteroatoms. The largest absolute Gasteiger partial charge is 0.507 e. The summed E-state index contributed by atoms with van der Waals surface area (Å²) in [6.07, 6.45) is -7.60. The standard InChI is InChI=1S/C18H15F6NO3/c1-10(19)17(20,21)9-28-15-7-6-11(8-13(15)18(22,23)24)25-16(27)12-4-2-3-5-14(12)26/h2-8,10,26H,9H2,1H3,(H,25,27). The lowest BCUT2D eigenvalue weighted by atomic mass is 10.1. The van der Waals surface area contributed by atoms with E-state index in [0.29, 0.717) is 13.0 Å². The van der Waals surface area contributed by atoms with Gasteiger partial charge in [-0.05, 0) is 37.3 Å². The van der Waals surface area contributed by atoms with Crippen molar-refractivity contribution in [1.29, 1.82) is 0 Å². The molecule has 4 nitrogen and oxygen atoms in total. The van der Waals surface area contributed by atoms with Crippen LogP contribution in [-0.4, -0.2) is 29.7 Å².